The molecule has 144 valence electrons. The third-order valence-corrected chi connectivity index (χ3v) is 5.27. The van der Waals surface area contributed by atoms with Gasteiger partial charge in [-0.1, -0.05) is 18.2 Å². The number of carbonyl (C=O) groups is 2. The first kappa shape index (κ1) is 18.6. The SMILES string of the molecule is CNC(=O)c1cc(Oc2ccc3cc(C(=O)Nc4ccccc4)sc3c2)ccn1. The minimum atomic E-state index is -0.279. The standard InChI is InChI=1S/C22H17N3O3S/c1-23-21(26)18-12-17(9-10-24-18)28-16-8-7-14-11-20(29-19(14)13-16)22(27)25-15-5-3-2-4-6-15/h2-13H,1H3,(H,23,26)(H,25,27). The first-order chi connectivity index (χ1) is 14.1. The van der Waals surface area contributed by atoms with E-state index in [1.54, 1.807) is 19.2 Å². The highest BCUT2D eigenvalue weighted by molar-refractivity contribution is 7.20. The van der Waals surface area contributed by atoms with Gasteiger partial charge >= 0.3 is 0 Å². The lowest BCUT2D eigenvalue weighted by molar-refractivity contribution is 0.0957. The van der Waals surface area contributed by atoms with Gasteiger partial charge in [-0.25, -0.2) is 0 Å². The molecular weight excluding hydrogens is 386 g/mol. The van der Waals surface area contributed by atoms with E-state index in [0.29, 0.717) is 16.4 Å². The third kappa shape index (κ3) is 4.25. The maximum atomic E-state index is 12.5. The van der Waals surface area contributed by atoms with E-state index < -0.39 is 0 Å². The molecule has 0 aliphatic heterocycles. The van der Waals surface area contributed by atoms with Gasteiger partial charge in [0.1, 0.15) is 17.2 Å². The summed E-state index contributed by atoms with van der Waals surface area (Å²) in [4.78, 5) is 28.9. The molecule has 0 spiro atoms. The molecule has 0 aliphatic carbocycles. The lowest BCUT2D eigenvalue weighted by Crippen LogP contribution is -2.18. The molecule has 2 amide bonds. The lowest BCUT2D eigenvalue weighted by atomic mass is 10.2. The Morgan fingerprint density at radius 1 is 0.931 bits per heavy atom. The van der Waals surface area contributed by atoms with E-state index in [1.807, 2.05) is 54.6 Å². The van der Waals surface area contributed by atoms with E-state index in [1.165, 1.54) is 17.5 Å². The number of nitrogens with zero attached hydrogens (tertiary/aromatic N) is 1. The number of nitrogens with one attached hydrogen (secondary N) is 2. The van der Waals surface area contributed by atoms with Crippen LogP contribution >= 0.6 is 11.3 Å². The van der Waals surface area contributed by atoms with Crippen LogP contribution in [0.15, 0.2) is 72.9 Å². The molecule has 0 atom stereocenters. The fraction of sp³-hybridized carbons (Fsp3) is 0.0455. The molecule has 0 radical (unpaired) electrons. The largest absolute Gasteiger partial charge is 0.457 e. The van der Waals surface area contributed by atoms with Gasteiger partial charge in [0.05, 0.1) is 4.88 Å². The second kappa shape index (κ2) is 8.12. The van der Waals surface area contributed by atoms with Crippen LogP contribution in [0, 0.1) is 0 Å². The molecule has 2 aromatic heterocycles. The molecule has 0 unspecified atom stereocenters. The van der Waals surface area contributed by atoms with E-state index in [4.69, 9.17) is 4.74 Å². The van der Waals surface area contributed by atoms with Gasteiger partial charge < -0.3 is 15.4 Å². The molecule has 0 saturated heterocycles. The van der Waals surface area contributed by atoms with E-state index in [2.05, 4.69) is 15.6 Å². The average molecular weight is 403 g/mol. The van der Waals surface area contributed by atoms with Crippen LogP contribution in [-0.4, -0.2) is 23.8 Å². The Morgan fingerprint density at radius 3 is 2.52 bits per heavy atom. The molecule has 4 aromatic rings. The lowest BCUT2D eigenvalue weighted by Gasteiger charge is -2.06. The first-order valence-electron chi connectivity index (χ1n) is 8.88. The van der Waals surface area contributed by atoms with Crippen molar-refractivity contribution in [2.45, 2.75) is 0 Å². The summed E-state index contributed by atoms with van der Waals surface area (Å²) in [7, 11) is 1.55. The van der Waals surface area contributed by atoms with Gasteiger partial charge in [0.25, 0.3) is 11.8 Å². The van der Waals surface area contributed by atoms with Crippen LogP contribution in [0.25, 0.3) is 10.1 Å². The minimum absolute atomic E-state index is 0.149. The second-order valence-electron chi connectivity index (χ2n) is 6.19. The van der Waals surface area contributed by atoms with Gasteiger partial charge in [0.15, 0.2) is 0 Å². The minimum Gasteiger partial charge on any atom is -0.457 e. The molecule has 0 fully saturated rings. The van der Waals surface area contributed by atoms with Crippen LogP contribution in [0.5, 0.6) is 11.5 Å². The number of rotatable bonds is 5. The number of hydrogen-bond donors (Lipinski definition) is 2. The van der Waals surface area contributed by atoms with Crippen LogP contribution < -0.4 is 15.4 Å². The summed E-state index contributed by atoms with van der Waals surface area (Å²) in [5, 5.41) is 6.38. The van der Waals surface area contributed by atoms with Crippen molar-refractivity contribution in [2.75, 3.05) is 12.4 Å². The van der Waals surface area contributed by atoms with Gasteiger partial charge in [-0.3, -0.25) is 14.6 Å². The van der Waals surface area contributed by atoms with Crippen molar-refractivity contribution in [3.05, 3.63) is 83.5 Å². The predicted molar refractivity (Wildman–Crippen MR) is 114 cm³/mol. The molecule has 7 heteroatoms. The maximum Gasteiger partial charge on any atom is 0.269 e. The zero-order chi connectivity index (χ0) is 20.2. The number of hydrogen-bond acceptors (Lipinski definition) is 5. The van der Waals surface area contributed by atoms with Crippen LogP contribution in [0.3, 0.4) is 0 Å². The van der Waals surface area contributed by atoms with Crippen LogP contribution in [0.1, 0.15) is 20.2 Å². The molecule has 6 nitrogen and oxygen atoms in total. The molecule has 0 saturated carbocycles. The normalized spacial score (nSPS) is 10.5. The highest BCUT2D eigenvalue weighted by atomic mass is 32.1. The first-order valence-corrected chi connectivity index (χ1v) is 9.70. The Kier molecular flexibility index (Phi) is 5.22. The zero-order valence-corrected chi connectivity index (χ0v) is 16.3. The summed E-state index contributed by atoms with van der Waals surface area (Å²) in [6.45, 7) is 0. The third-order valence-electron chi connectivity index (χ3n) is 4.17. The van der Waals surface area contributed by atoms with Gasteiger partial charge in [0.2, 0.25) is 0 Å². The van der Waals surface area contributed by atoms with E-state index in [-0.39, 0.29) is 17.5 Å². The number of fused-ring (bicyclic) bond motifs is 1. The van der Waals surface area contributed by atoms with Crippen molar-refractivity contribution >= 4 is 38.9 Å². The smallest absolute Gasteiger partial charge is 0.269 e. The van der Waals surface area contributed by atoms with Crippen LogP contribution in [0.2, 0.25) is 0 Å². The topological polar surface area (TPSA) is 80.3 Å². The molecule has 29 heavy (non-hydrogen) atoms. The fourth-order valence-corrected chi connectivity index (χ4v) is 3.75. The number of pyridine rings is 1. The number of thiophene rings is 1. The Hall–Kier alpha value is -3.71. The van der Waals surface area contributed by atoms with Crippen LogP contribution in [0.4, 0.5) is 5.69 Å². The number of anilines is 1. The highest BCUT2D eigenvalue weighted by Crippen LogP contribution is 2.31. The van der Waals surface area contributed by atoms with Gasteiger partial charge in [0, 0.05) is 29.7 Å². The van der Waals surface area contributed by atoms with Gasteiger partial charge in [-0.2, -0.15) is 0 Å². The monoisotopic (exact) mass is 403 g/mol. The molecule has 0 aliphatic rings. The number of carbonyl (C=O) groups excluding carboxylic acids is 2. The van der Waals surface area contributed by atoms with Gasteiger partial charge in [-0.05, 0) is 47.9 Å². The quantitative estimate of drug-likeness (QED) is 0.506. The molecule has 2 heterocycles. The predicted octanol–water partition coefficient (Wildman–Crippen LogP) is 4.70. The van der Waals surface area contributed by atoms with Gasteiger partial charge in [-0.15, -0.1) is 11.3 Å². The molecule has 2 N–H and O–H groups in total. The molecular formula is C22H17N3O3S. The average Bonchev–Trinajstić information content (AvgIpc) is 3.18. The Labute approximate surface area is 171 Å². The van der Waals surface area contributed by atoms with Crippen molar-refractivity contribution in [1.82, 2.24) is 10.3 Å². The Balaban J connectivity index is 1.54. The van der Waals surface area contributed by atoms with Crippen molar-refractivity contribution in [2.24, 2.45) is 0 Å². The van der Waals surface area contributed by atoms with Crippen LogP contribution in [-0.2, 0) is 0 Å². The Morgan fingerprint density at radius 2 is 1.72 bits per heavy atom. The molecule has 2 aromatic carbocycles. The Bertz CT molecular complexity index is 1190. The summed E-state index contributed by atoms with van der Waals surface area (Å²) in [6.07, 6.45) is 1.52. The number of aromatic nitrogens is 1. The summed E-state index contributed by atoms with van der Waals surface area (Å²) >= 11 is 1.39. The van der Waals surface area contributed by atoms with Crippen molar-refractivity contribution in [3.63, 3.8) is 0 Å². The second-order valence-corrected chi connectivity index (χ2v) is 7.27. The highest BCUT2D eigenvalue weighted by Gasteiger charge is 2.12. The molecule has 4 rings (SSSR count). The van der Waals surface area contributed by atoms with E-state index >= 15 is 0 Å². The number of ether oxygens (including phenoxy) is 1. The van der Waals surface area contributed by atoms with Crippen molar-refractivity contribution in [3.8, 4) is 11.5 Å². The van der Waals surface area contributed by atoms with E-state index in [9.17, 15) is 9.59 Å². The number of amides is 2. The zero-order valence-electron chi connectivity index (χ0n) is 15.5. The summed E-state index contributed by atoms with van der Waals surface area (Å²) in [5.41, 5.74) is 1.03. The van der Waals surface area contributed by atoms with E-state index in [0.717, 1.165) is 15.8 Å². The number of para-hydroxylation sites is 1. The molecule has 0 bridgehead atoms. The summed E-state index contributed by atoms with van der Waals surface area (Å²) in [6, 6.07) is 20.1. The van der Waals surface area contributed by atoms with Crippen molar-refractivity contribution < 1.29 is 14.3 Å². The van der Waals surface area contributed by atoms with Crippen molar-refractivity contribution in [1.29, 1.82) is 0 Å². The maximum absolute atomic E-state index is 12.5. The summed E-state index contributed by atoms with van der Waals surface area (Å²) < 4.78 is 6.81. The summed E-state index contributed by atoms with van der Waals surface area (Å²) in [5.74, 6) is 0.697. The fourth-order valence-electron chi connectivity index (χ4n) is 2.76. The number of benzene rings is 2.